The fraction of sp³-hybridized carbons (Fsp3) is 0.300. The predicted molar refractivity (Wildman–Crippen MR) is 46.6 cm³/mol. The van der Waals surface area contributed by atoms with Gasteiger partial charge in [0.2, 0.25) is 0 Å². The Morgan fingerprint density at radius 2 is 2.21 bits per heavy atom. The van der Waals surface area contributed by atoms with Crippen LogP contribution < -0.4 is 5.73 Å². The highest BCUT2D eigenvalue weighted by atomic mass is 19.3. The first-order chi connectivity index (χ1) is 6.54. The van der Waals surface area contributed by atoms with E-state index in [1.54, 1.807) is 0 Å². The highest BCUT2D eigenvalue weighted by Crippen LogP contribution is 2.46. The molecular weight excluding hydrogens is 186 g/mol. The zero-order valence-electron chi connectivity index (χ0n) is 7.30. The second-order valence-electron chi connectivity index (χ2n) is 3.43. The molecule has 1 aliphatic carbocycles. The number of nitrogens with zero attached hydrogens (tertiary/aromatic N) is 1. The lowest BCUT2D eigenvalue weighted by Crippen LogP contribution is -2.11. The molecule has 0 aliphatic heterocycles. The van der Waals surface area contributed by atoms with Crippen LogP contribution in [-0.2, 0) is 5.92 Å². The smallest absolute Gasteiger partial charge is 0.275 e. The van der Waals surface area contributed by atoms with Crippen molar-refractivity contribution in [3.63, 3.8) is 0 Å². The van der Waals surface area contributed by atoms with E-state index in [1.807, 2.05) is 6.07 Å². The zero-order chi connectivity index (χ0) is 10.3. The van der Waals surface area contributed by atoms with Crippen LogP contribution in [0.5, 0.6) is 0 Å². The van der Waals surface area contributed by atoms with Crippen molar-refractivity contribution in [3.05, 3.63) is 34.9 Å². The molecular formula is C10H8F2N2. The van der Waals surface area contributed by atoms with E-state index in [1.165, 1.54) is 18.2 Å². The number of benzene rings is 1. The lowest BCUT2D eigenvalue weighted by atomic mass is 10.0. The molecule has 0 saturated heterocycles. The third-order valence-electron chi connectivity index (χ3n) is 2.45. The number of alkyl halides is 2. The molecule has 1 aliphatic rings. The monoisotopic (exact) mass is 194 g/mol. The maximum atomic E-state index is 13.3. The molecule has 0 spiro atoms. The van der Waals surface area contributed by atoms with Crippen LogP contribution in [0.3, 0.4) is 0 Å². The molecule has 2 nitrogen and oxygen atoms in total. The molecule has 0 radical (unpaired) electrons. The van der Waals surface area contributed by atoms with E-state index in [2.05, 4.69) is 0 Å². The third kappa shape index (κ3) is 1.17. The van der Waals surface area contributed by atoms with Crippen molar-refractivity contribution in [3.8, 4) is 6.07 Å². The molecule has 4 heteroatoms. The van der Waals surface area contributed by atoms with Crippen LogP contribution in [0.15, 0.2) is 18.2 Å². The summed E-state index contributed by atoms with van der Waals surface area (Å²) < 4.78 is 26.6. The first kappa shape index (κ1) is 9.10. The molecule has 2 rings (SSSR count). The molecule has 1 aromatic carbocycles. The molecule has 1 aromatic rings. The van der Waals surface area contributed by atoms with Crippen molar-refractivity contribution in [1.82, 2.24) is 0 Å². The summed E-state index contributed by atoms with van der Waals surface area (Å²) in [5.41, 5.74) is 6.16. The van der Waals surface area contributed by atoms with E-state index in [9.17, 15) is 8.78 Å². The summed E-state index contributed by atoms with van der Waals surface area (Å²) in [4.78, 5) is 0. The van der Waals surface area contributed by atoms with Gasteiger partial charge in [0.15, 0.2) is 0 Å². The molecule has 0 fully saturated rings. The van der Waals surface area contributed by atoms with E-state index in [0.29, 0.717) is 5.56 Å². The van der Waals surface area contributed by atoms with Crippen LogP contribution in [0.2, 0.25) is 0 Å². The molecule has 0 saturated carbocycles. The second-order valence-corrected chi connectivity index (χ2v) is 3.43. The van der Waals surface area contributed by atoms with Gasteiger partial charge in [-0.25, -0.2) is 8.78 Å². The molecule has 1 atom stereocenters. The van der Waals surface area contributed by atoms with Gasteiger partial charge < -0.3 is 5.73 Å². The van der Waals surface area contributed by atoms with Gasteiger partial charge in [-0.2, -0.15) is 5.26 Å². The average molecular weight is 194 g/mol. The van der Waals surface area contributed by atoms with Crippen LogP contribution in [0, 0.1) is 11.3 Å². The summed E-state index contributed by atoms with van der Waals surface area (Å²) >= 11 is 0. The molecule has 0 heterocycles. The quantitative estimate of drug-likeness (QED) is 0.687. The molecule has 1 unspecified atom stereocenters. The minimum atomic E-state index is -2.89. The van der Waals surface area contributed by atoms with Crippen LogP contribution >= 0.6 is 0 Å². The molecule has 72 valence electrons. The fourth-order valence-electron chi connectivity index (χ4n) is 1.76. The number of nitriles is 1. The molecule has 0 aromatic heterocycles. The van der Waals surface area contributed by atoms with E-state index < -0.39 is 12.0 Å². The van der Waals surface area contributed by atoms with Gasteiger partial charge in [0.1, 0.15) is 0 Å². The third-order valence-corrected chi connectivity index (χ3v) is 2.45. The highest BCUT2D eigenvalue weighted by molar-refractivity contribution is 5.44. The van der Waals surface area contributed by atoms with E-state index in [-0.39, 0.29) is 17.5 Å². The summed E-state index contributed by atoms with van der Waals surface area (Å²) in [6.07, 6.45) is -0.364. The van der Waals surface area contributed by atoms with Crippen LogP contribution in [-0.4, -0.2) is 0 Å². The predicted octanol–water partition coefficient (Wildman–Crippen LogP) is 2.05. The summed E-state index contributed by atoms with van der Waals surface area (Å²) in [6, 6.07) is 5.47. The number of hydrogen-bond acceptors (Lipinski definition) is 2. The topological polar surface area (TPSA) is 49.8 Å². The number of halogens is 2. The Bertz CT molecular complexity index is 421. The first-order valence-corrected chi connectivity index (χ1v) is 4.22. The fourth-order valence-corrected chi connectivity index (χ4v) is 1.76. The van der Waals surface area contributed by atoms with Crippen LogP contribution in [0.1, 0.15) is 29.2 Å². The highest BCUT2D eigenvalue weighted by Gasteiger charge is 2.43. The second kappa shape index (κ2) is 2.76. The minimum Gasteiger partial charge on any atom is -0.324 e. The normalized spacial score (nSPS) is 22.9. The number of nitrogens with two attached hydrogens (primary N) is 1. The zero-order valence-corrected chi connectivity index (χ0v) is 7.30. The van der Waals surface area contributed by atoms with E-state index in [4.69, 9.17) is 11.0 Å². The Labute approximate surface area is 79.9 Å². The Kier molecular flexibility index (Phi) is 1.79. The largest absolute Gasteiger partial charge is 0.324 e. The van der Waals surface area contributed by atoms with E-state index >= 15 is 0 Å². The maximum absolute atomic E-state index is 13.3. The maximum Gasteiger partial charge on any atom is 0.275 e. The number of hydrogen-bond donors (Lipinski definition) is 1. The molecule has 0 amide bonds. The van der Waals surface area contributed by atoms with Gasteiger partial charge in [0.25, 0.3) is 5.92 Å². The molecule has 14 heavy (non-hydrogen) atoms. The van der Waals surface area contributed by atoms with Gasteiger partial charge in [0.05, 0.1) is 11.6 Å². The van der Waals surface area contributed by atoms with Gasteiger partial charge in [-0.1, -0.05) is 6.07 Å². The molecule has 0 bridgehead atoms. The lowest BCUT2D eigenvalue weighted by molar-refractivity contribution is -0.00644. The standard InChI is InChI=1S/C10H8F2N2/c11-10(12)4-9(14)7-2-1-6(5-13)3-8(7)10/h1-3,9H,4,14H2. The van der Waals surface area contributed by atoms with E-state index in [0.717, 1.165) is 0 Å². The van der Waals surface area contributed by atoms with Crippen molar-refractivity contribution < 1.29 is 8.78 Å². The summed E-state index contributed by atoms with van der Waals surface area (Å²) in [6.45, 7) is 0. The summed E-state index contributed by atoms with van der Waals surface area (Å²) in [5, 5.41) is 8.58. The molecule has 2 N–H and O–H groups in total. The Hall–Kier alpha value is -1.47. The lowest BCUT2D eigenvalue weighted by Gasteiger charge is -2.08. The van der Waals surface area contributed by atoms with Gasteiger partial charge >= 0.3 is 0 Å². The number of rotatable bonds is 0. The first-order valence-electron chi connectivity index (χ1n) is 4.22. The van der Waals surface area contributed by atoms with Crippen LogP contribution in [0.4, 0.5) is 8.78 Å². The van der Waals surface area contributed by atoms with Gasteiger partial charge in [0, 0.05) is 18.0 Å². The Morgan fingerprint density at radius 3 is 2.86 bits per heavy atom. The van der Waals surface area contributed by atoms with Crippen LogP contribution in [0.25, 0.3) is 0 Å². The van der Waals surface area contributed by atoms with Gasteiger partial charge in [-0.05, 0) is 17.7 Å². The summed E-state index contributed by atoms with van der Waals surface area (Å²) in [5.74, 6) is -2.89. The summed E-state index contributed by atoms with van der Waals surface area (Å²) in [7, 11) is 0. The minimum absolute atomic E-state index is 0.0935. The van der Waals surface area contributed by atoms with Crippen molar-refractivity contribution in [1.29, 1.82) is 5.26 Å². The average Bonchev–Trinajstić information content (AvgIpc) is 2.37. The Morgan fingerprint density at radius 1 is 1.50 bits per heavy atom. The number of fused-ring (bicyclic) bond motifs is 1. The Balaban J connectivity index is 2.60. The van der Waals surface area contributed by atoms with Crippen molar-refractivity contribution in [2.45, 2.75) is 18.4 Å². The van der Waals surface area contributed by atoms with Crippen molar-refractivity contribution in [2.24, 2.45) is 5.73 Å². The SMILES string of the molecule is N#Cc1ccc2c(c1)C(F)(F)CC2N. The van der Waals surface area contributed by atoms with Crippen molar-refractivity contribution in [2.75, 3.05) is 0 Å². The van der Waals surface area contributed by atoms with Gasteiger partial charge in [-0.15, -0.1) is 0 Å². The van der Waals surface area contributed by atoms with Crippen molar-refractivity contribution >= 4 is 0 Å². The van der Waals surface area contributed by atoms with Gasteiger partial charge in [-0.3, -0.25) is 0 Å².